The molecule has 0 saturated carbocycles. The minimum atomic E-state index is 0.245. The summed E-state index contributed by atoms with van der Waals surface area (Å²) >= 11 is 5.48. The summed E-state index contributed by atoms with van der Waals surface area (Å²) in [5, 5.41) is 11.9. The Kier molecular flexibility index (Phi) is 6.84. The van der Waals surface area contributed by atoms with Crippen LogP contribution in [0.1, 0.15) is 29.8 Å². The number of ether oxygens (including phenoxy) is 2. The fraction of sp³-hybridized carbons (Fsp3) is 0.333. The number of nitrogens with zero attached hydrogens (tertiary/aromatic N) is 2. The van der Waals surface area contributed by atoms with Crippen molar-refractivity contribution in [3.63, 3.8) is 0 Å². The molecule has 1 atom stereocenters. The Morgan fingerprint density at radius 1 is 1.16 bits per heavy atom. The van der Waals surface area contributed by atoms with Gasteiger partial charge in [0.05, 0.1) is 29.7 Å². The molecular formula is C24H28N4O2S. The lowest BCUT2D eigenvalue weighted by Crippen LogP contribution is -2.35. The van der Waals surface area contributed by atoms with Gasteiger partial charge in [0.25, 0.3) is 0 Å². The number of anilines is 1. The molecule has 0 bridgehead atoms. The van der Waals surface area contributed by atoms with E-state index in [1.807, 2.05) is 60.1 Å². The molecular weight excluding hydrogens is 408 g/mol. The Morgan fingerprint density at radius 2 is 1.97 bits per heavy atom. The quantitative estimate of drug-likeness (QED) is 0.519. The summed E-state index contributed by atoms with van der Waals surface area (Å²) in [6.07, 6.45) is 2.45. The molecule has 0 amide bonds. The third-order valence-electron chi connectivity index (χ3n) is 5.34. The lowest BCUT2D eigenvalue weighted by Gasteiger charge is -2.14. The zero-order valence-electron chi connectivity index (χ0n) is 17.9. The number of thiocarbonyl (C=S) groups is 1. The van der Waals surface area contributed by atoms with Gasteiger partial charge in [-0.1, -0.05) is 30.3 Å². The van der Waals surface area contributed by atoms with E-state index in [0.29, 0.717) is 11.7 Å². The van der Waals surface area contributed by atoms with Crippen LogP contribution >= 0.6 is 12.2 Å². The van der Waals surface area contributed by atoms with Crippen LogP contribution in [-0.4, -0.2) is 34.1 Å². The summed E-state index contributed by atoms with van der Waals surface area (Å²) in [5.41, 5.74) is 4.01. The predicted octanol–water partition coefficient (Wildman–Crippen LogP) is 4.81. The molecule has 2 heterocycles. The summed E-state index contributed by atoms with van der Waals surface area (Å²) in [6.45, 7) is 6.26. The molecule has 1 aromatic heterocycles. The van der Waals surface area contributed by atoms with Gasteiger partial charge in [-0.25, -0.2) is 0 Å². The average molecular weight is 437 g/mol. The minimum absolute atomic E-state index is 0.245. The van der Waals surface area contributed by atoms with Gasteiger partial charge in [0.15, 0.2) is 5.11 Å². The molecule has 1 fully saturated rings. The van der Waals surface area contributed by atoms with E-state index in [1.54, 1.807) is 0 Å². The van der Waals surface area contributed by atoms with Crippen LogP contribution in [0.2, 0.25) is 0 Å². The van der Waals surface area contributed by atoms with Crippen molar-refractivity contribution in [3.05, 3.63) is 71.5 Å². The number of aromatic nitrogens is 2. The highest BCUT2D eigenvalue weighted by atomic mass is 32.1. The Morgan fingerprint density at radius 3 is 2.74 bits per heavy atom. The zero-order chi connectivity index (χ0) is 21.6. The van der Waals surface area contributed by atoms with Gasteiger partial charge in [-0.05, 0) is 68.7 Å². The van der Waals surface area contributed by atoms with Crippen LogP contribution in [0.15, 0.2) is 54.6 Å². The second-order valence-corrected chi connectivity index (χ2v) is 8.14. The lowest BCUT2D eigenvalue weighted by molar-refractivity contribution is 0.114. The fourth-order valence-electron chi connectivity index (χ4n) is 3.71. The minimum Gasteiger partial charge on any atom is -0.457 e. The molecule has 0 radical (unpaired) electrons. The van der Waals surface area contributed by atoms with Crippen molar-refractivity contribution in [2.75, 3.05) is 18.5 Å². The van der Waals surface area contributed by atoms with Crippen LogP contribution in [-0.2, 0) is 11.3 Å². The summed E-state index contributed by atoms with van der Waals surface area (Å²) in [6, 6.07) is 17.9. The van der Waals surface area contributed by atoms with Crippen LogP contribution in [0, 0.1) is 13.8 Å². The molecule has 0 spiro atoms. The maximum absolute atomic E-state index is 5.96. The van der Waals surface area contributed by atoms with Gasteiger partial charge < -0.3 is 20.1 Å². The molecule has 0 aliphatic carbocycles. The number of hydrogen-bond acceptors (Lipinski definition) is 4. The summed E-state index contributed by atoms with van der Waals surface area (Å²) in [7, 11) is 0. The molecule has 1 aliphatic rings. The van der Waals surface area contributed by atoms with Gasteiger partial charge in [-0.15, -0.1) is 0 Å². The zero-order valence-corrected chi connectivity index (χ0v) is 18.7. The van der Waals surface area contributed by atoms with Gasteiger partial charge in [-0.2, -0.15) is 5.10 Å². The third-order valence-corrected chi connectivity index (χ3v) is 5.59. The summed E-state index contributed by atoms with van der Waals surface area (Å²) in [5.74, 6) is 1.63. The van der Waals surface area contributed by atoms with Crippen molar-refractivity contribution in [2.24, 2.45) is 0 Å². The average Bonchev–Trinajstić information content (AvgIpc) is 3.38. The van der Waals surface area contributed by atoms with Crippen molar-refractivity contribution >= 4 is 23.0 Å². The Balaban J connectivity index is 1.40. The maximum atomic E-state index is 5.96. The van der Waals surface area contributed by atoms with Crippen LogP contribution in [0.3, 0.4) is 0 Å². The van der Waals surface area contributed by atoms with Crippen molar-refractivity contribution in [2.45, 2.75) is 39.3 Å². The molecule has 2 N–H and O–H groups in total. The highest BCUT2D eigenvalue weighted by Crippen LogP contribution is 2.24. The van der Waals surface area contributed by atoms with Crippen molar-refractivity contribution in [3.8, 4) is 11.5 Å². The van der Waals surface area contributed by atoms with E-state index >= 15 is 0 Å². The smallest absolute Gasteiger partial charge is 0.170 e. The van der Waals surface area contributed by atoms with Crippen LogP contribution in [0.5, 0.6) is 11.5 Å². The van der Waals surface area contributed by atoms with Crippen molar-refractivity contribution < 1.29 is 9.47 Å². The highest BCUT2D eigenvalue weighted by molar-refractivity contribution is 7.80. The molecule has 1 saturated heterocycles. The molecule has 162 valence electrons. The normalized spacial score (nSPS) is 15.6. The second kappa shape index (κ2) is 9.94. The Hall–Kier alpha value is -2.90. The van der Waals surface area contributed by atoms with Crippen LogP contribution in [0.4, 0.5) is 5.69 Å². The van der Waals surface area contributed by atoms with Gasteiger partial charge in [0, 0.05) is 13.2 Å². The molecule has 2 aromatic carbocycles. The van der Waals surface area contributed by atoms with E-state index in [1.165, 1.54) is 0 Å². The molecule has 6 nitrogen and oxygen atoms in total. The predicted molar refractivity (Wildman–Crippen MR) is 127 cm³/mol. The number of aryl methyl sites for hydroxylation is 1. The number of para-hydroxylation sites is 1. The third kappa shape index (κ3) is 5.62. The molecule has 7 heteroatoms. The van der Waals surface area contributed by atoms with Gasteiger partial charge in [0.1, 0.15) is 11.5 Å². The molecule has 31 heavy (non-hydrogen) atoms. The molecule has 4 rings (SSSR count). The monoisotopic (exact) mass is 436 g/mol. The van der Waals surface area contributed by atoms with Crippen LogP contribution < -0.4 is 15.4 Å². The number of nitrogens with one attached hydrogen (secondary N) is 2. The first-order valence-corrected chi connectivity index (χ1v) is 11.0. The molecule has 3 aromatic rings. The van der Waals surface area contributed by atoms with E-state index in [9.17, 15) is 0 Å². The summed E-state index contributed by atoms with van der Waals surface area (Å²) < 4.78 is 13.6. The SMILES string of the molecule is Cc1nn(Cc2cccc(Oc3ccccc3)c2)c(C)c1NC(=S)NCC1CCCO1. The largest absolute Gasteiger partial charge is 0.457 e. The topological polar surface area (TPSA) is 60.3 Å². The van der Waals surface area contributed by atoms with Gasteiger partial charge >= 0.3 is 0 Å². The Bertz CT molecular complexity index is 1030. The van der Waals surface area contributed by atoms with Crippen LogP contribution in [0.25, 0.3) is 0 Å². The van der Waals surface area contributed by atoms with E-state index in [-0.39, 0.29) is 6.10 Å². The fourth-order valence-corrected chi connectivity index (χ4v) is 3.89. The van der Waals surface area contributed by atoms with Gasteiger partial charge in [-0.3, -0.25) is 4.68 Å². The van der Waals surface area contributed by atoms with E-state index in [4.69, 9.17) is 26.8 Å². The number of benzene rings is 2. The molecule has 1 aliphatic heterocycles. The second-order valence-electron chi connectivity index (χ2n) is 7.74. The first-order chi connectivity index (χ1) is 15.1. The summed E-state index contributed by atoms with van der Waals surface area (Å²) in [4.78, 5) is 0. The van der Waals surface area contributed by atoms with E-state index < -0.39 is 0 Å². The van der Waals surface area contributed by atoms with Crippen molar-refractivity contribution in [1.82, 2.24) is 15.1 Å². The highest BCUT2D eigenvalue weighted by Gasteiger charge is 2.17. The lowest BCUT2D eigenvalue weighted by atomic mass is 10.2. The Labute approximate surface area is 188 Å². The first-order valence-electron chi connectivity index (χ1n) is 10.6. The number of rotatable bonds is 7. The number of hydrogen-bond donors (Lipinski definition) is 2. The standard InChI is InChI=1S/C24H28N4O2S/c1-17-23(26-24(31)25-15-22-12-7-13-29-22)18(2)28(27-17)16-19-8-6-11-21(14-19)30-20-9-4-3-5-10-20/h3-6,8-11,14,22H,7,12-13,15-16H2,1-2H3,(H2,25,26,31). The molecule has 1 unspecified atom stereocenters. The van der Waals surface area contributed by atoms with E-state index in [0.717, 1.165) is 60.1 Å². The van der Waals surface area contributed by atoms with Gasteiger partial charge in [0.2, 0.25) is 0 Å². The maximum Gasteiger partial charge on any atom is 0.170 e. The van der Waals surface area contributed by atoms with Crippen molar-refractivity contribution in [1.29, 1.82) is 0 Å². The van der Waals surface area contributed by atoms with E-state index in [2.05, 4.69) is 23.6 Å². The first kappa shape index (κ1) is 21.3.